The van der Waals surface area contributed by atoms with Crippen LogP contribution in [0.15, 0.2) is 140 Å². The Balaban J connectivity index is 0.000000143. The molecule has 0 radical (unpaired) electrons. The number of rotatable bonds is 3. The molecule has 1 nitrogen and oxygen atoms in total. The van der Waals surface area contributed by atoms with E-state index < -0.39 is 0 Å². The first kappa shape index (κ1) is 34.6. The van der Waals surface area contributed by atoms with Crippen LogP contribution in [0.5, 0.6) is 0 Å². The SMILES string of the molecule is Cc1ccc(-c2ccc(C)cc2)cc1.Cc1ccc(-c2cccc(N)c2)s1.Cc1ccc(-c2ccccc2)s1.Cc1ccc(C)s1. The Bertz CT molecular complexity index is 1830. The molecule has 0 bridgehead atoms. The van der Waals surface area contributed by atoms with Gasteiger partial charge in [0.1, 0.15) is 0 Å². The molecule has 0 aliphatic rings. The number of thiophene rings is 3. The second-order valence-electron chi connectivity index (χ2n) is 11.2. The zero-order chi connectivity index (χ0) is 32.9. The Morgan fingerprint density at radius 3 is 1.15 bits per heavy atom. The number of hydrogen-bond acceptors (Lipinski definition) is 4. The van der Waals surface area contributed by atoms with E-state index in [4.69, 9.17) is 5.73 Å². The highest BCUT2D eigenvalue weighted by Gasteiger charge is 2.00. The van der Waals surface area contributed by atoms with Crippen molar-refractivity contribution in [2.45, 2.75) is 41.5 Å². The number of hydrogen-bond donors (Lipinski definition) is 1. The van der Waals surface area contributed by atoms with E-state index in [1.165, 1.54) is 62.6 Å². The van der Waals surface area contributed by atoms with Gasteiger partial charge in [0.15, 0.2) is 0 Å². The molecule has 7 rings (SSSR count). The van der Waals surface area contributed by atoms with E-state index in [-0.39, 0.29) is 0 Å². The molecule has 0 aliphatic heterocycles. The Morgan fingerprint density at radius 2 is 0.761 bits per heavy atom. The average Bonchev–Trinajstić information content (AvgIpc) is 3.80. The van der Waals surface area contributed by atoms with Crippen LogP contribution < -0.4 is 5.73 Å². The third-order valence-corrected chi connectivity index (χ3v) is 10.0. The summed E-state index contributed by atoms with van der Waals surface area (Å²) >= 11 is 5.48. The van der Waals surface area contributed by atoms with Crippen LogP contribution in [-0.4, -0.2) is 0 Å². The lowest BCUT2D eigenvalue weighted by molar-refractivity contribution is 1.45. The minimum absolute atomic E-state index is 0.823. The molecule has 46 heavy (non-hydrogen) atoms. The fourth-order valence-corrected chi connectivity index (χ4v) is 7.04. The van der Waals surface area contributed by atoms with Gasteiger partial charge in [0.25, 0.3) is 0 Å². The van der Waals surface area contributed by atoms with E-state index in [0.717, 1.165) is 5.69 Å². The number of benzene rings is 4. The van der Waals surface area contributed by atoms with Gasteiger partial charge < -0.3 is 5.73 Å². The number of nitrogens with two attached hydrogens (primary N) is 1. The highest BCUT2D eigenvalue weighted by molar-refractivity contribution is 7.15. The first-order chi connectivity index (χ1) is 22.2. The molecule has 3 aromatic heterocycles. The standard InChI is InChI=1S/C14H14.C11H11NS.C11H10S.C6H8S/c1-11-3-7-13(8-4-11)14-9-5-12(2)6-10-14;1-8-5-6-11(13-8)9-3-2-4-10(12)7-9;1-9-7-8-11(12-9)10-5-3-2-4-6-10;1-5-3-4-6(2)7-5/h3-10H,1-2H3;2-7H,12H2,1H3;2-8H,1H3;3-4H,1-2H3. The molecule has 0 unspecified atom stereocenters. The molecule has 0 spiro atoms. The summed E-state index contributed by atoms with van der Waals surface area (Å²) in [6, 6.07) is 48.6. The normalized spacial score (nSPS) is 10.0. The Hall–Kier alpha value is -4.22. The van der Waals surface area contributed by atoms with Gasteiger partial charge in [-0.05, 0) is 112 Å². The quantitative estimate of drug-likeness (QED) is 0.188. The molecule has 0 amide bonds. The van der Waals surface area contributed by atoms with Crippen LogP contribution >= 0.6 is 34.0 Å². The predicted octanol–water partition coefficient (Wildman–Crippen LogP) is 13.4. The molecule has 2 N–H and O–H groups in total. The molecule has 0 fully saturated rings. The fraction of sp³-hybridized carbons (Fsp3) is 0.143. The molecule has 234 valence electrons. The summed E-state index contributed by atoms with van der Waals surface area (Å²) in [7, 11) is 0. The van der Waals surface area contributed by atoms with Gasteiger partial charge in [-0.25, -0.2) is 0 Å². The maximum atomic E-state index is 5.71. The first-order valence-corrected chi connectivity index (χ1v) is 17.8. The number of anilines is 1. The van der Waals surface area contributed by atoms with Gasteiger partial charge in [-0.3, -0.25) is 0 Å². The van der Waals surface area contributed by atoms with Crippen LogP contribution in [0.2, 0.25) is 0 Å². The number of aryl methyl sites for hydroxylation is 6. The lowest BCUT2D eigenvalue weighted by Gasteiger charge is -2.02. The molecule has 0 atom stereocenters. The van der Waals surface area contributed by atoms with E-state index in [0.29, 0.717) is 0 Å². The average molecular weight is 658 g/mol. The molecular weight excluding hydrogens is 615 g/mol. The fourth-order valence-electron chi connectivity index (χ4n) is 4.52. The summed E-state index contributed by atoms with van der Waals surface area (Å²) < 4.78 is 0. The highest BCUT2D eigenvalue weighted by atomic mass is 32.1. The van der Waals surface area contributed by atoms with E-state index in [1.807, 2.05) is 46.9 Å². The van der Waals surface area contributed by atoms with E-state index in [2.05, 4.69) is 157 Å². The Kier molecular flexibility index (Phi) is 13.2. The Labute approximate surface area is 287 Å². The molecule has 3 heterocycles. The van der Waals surface area contributed by atoms with Gasteiger partial charge in [-0.2, -0.15) is 0 Å². The lowest BCUT2D eigenvalue weighted by Crippen LogP contribution is -1.83. The molecule has 0 saturated carbocycles. The maximum Gasteiger partial charge on any atom is 0.0346 e. The molecule has 4 heteroatoms. The van der Waals surface area contributed by atoms with Crippen molar-refractivity contribution >= 4 is 39.7 Å². The topological polar surface area (TPSA) is 26.0 Å². The summed E-state index contributed by atoms with van der Waals surface area (Å²) in [6.07, 6.45) is 0. The largest absolute Gasteiger partial charge is 0.399 e. The minimum atomic E-state index is 0.823. The molecule has 0 saturated heterocycles. The highest BCUT2D eigenvalue weighted by Crippen LogP contribution is 2.29. The van der Waals surface area contributed by atoms with Gasteiger partial charge in [0, 0.05) is 35.0 Å². The smallest absolute Gasteiger partial charge is 0.0346 e. The molecule has 0 aliphatic carbocycles. The van der Waals surface area contributed by atoms with Crippen LogP contribution in [0.3, 0.4) is 0 Å². The van der Waals surface area contributed by atoms with E-state index >= 15 is 0 Å². The monoisotopic (exact) mass is 657 g/mol. The van der Waals surface area contributed by atoms with Crippen LogP contribution in [0, 0.1) is 41.5 Å². The van der Waals surface area contributed by atoms with Crippen molar-refractivity contribution in [1.82, 2.24) is 0 Å². The first-order valence-electron chi connectivity index (χ1n) is 15.4. The van der Waals surface area contributed by atoms with Crippen LogP contribution in [0.4, 0.5) is 5.69 Å². The summed E-state index contributed by atoms with van der Waals surface area (Å²) in [6.45, 7) is 12.7. The van der Waals surface area contributed by atoms with Crippen molar-refractivity contribution in [3.05, 3.63) is 170 Å². The van der Waals surface area contributed by atoms with Gasteiger partial charge in [0.2, 0.25) is 0 Å². The van der Waals surface area contributed by atoms with Crippen LogP contribution in [0.25, 0.3) is 32.0 Å². The molecular formula is C42H43NS3. The van der Waals surface area contributed by atoms with Crippen LogP contribution in [-0.2, 0) is 0 Å². The van der Waals surface area contributed by atoms with E-state index in [9.17, 15) is 0 Å². The zero-order valence-electron chi connectivity index (χ0n) is 27.6. The summed E-state index contributed by atoms with van der Waals surface area (Å²) in [5, 5.41) is 0. The second kappa shape index (κ2) is 17.5. The summed E-state index contributed by atoms with van der Waals surface area (Å²) in [5.74, 6) is 0. The third-order valence-electron chi connectivity index (χ3n) is 7.02. The van der Waals surface area contributed by atoms with Crippen molar-refractivity contribution in [2.24, 2.45) is 0 Å². The van der Waals surface area contributed by atoms with Crippen molar-refractivity contribution in [3.63, 3.8) is 0 Å². The number of nitrogen functional groups attached to an aromatic ring is 1. The molecule has 4 aromatic carbocycles. The van der Waals surface area contributed by atoms with Crippen LogP contribution in [0.1, 0.15) is 30.6 Å². The van der Waals surface area contributed by atoms with Crippen molar-refractivity contribution in [2.75, 3.05) is 5.73 Å². The summed E-state index contributed by atoms with van der Waals surface area (Å²) in [5.41, 5.74) is 14.2. The second-order valence-corrected chi connectivity index (χ2v) is 15.3. The molecule has 7 aromatic rings. The zero-order valence-corrected chi connectivity index (χ0v) is 30.0. The predicted molar refractivity (Wildman–Crippen MR) is 209 cm³/mol. The minimum Gasteiger partial charge on any atom is -0.399 e. The van der Waals surface area contributed by atoms with Crippen molar-refractivity contribution in [3.8, 4) is 32.0 Å². The third kappa shape index (κ3) is 11.3. The summed E-state index contributed by atoms with van der Waals surface area (Å²) in [4.78, 5) is 8.14. The van der Waals surface area contributed by atoms with Crippen molar-refractivity contribution in [1.29, 1.82) is 0 Å². The van der Waals surface area contributed by atoms with Gasteiger partial charge in [-0.1, -0.05) is 102 Å². The van der Waals surface area contributed by atoms with Gasteiger partial charge >= 0.3 is 0 Å². The van der Waals surface area contributed by atoms with Gasteiger partial charge in [-0.15, -0.1) is 34.0 Å². The van der Waals surface area contributed by atoms with Gasteiger partial charge in [0.05, 0.1) is 0 Å². The van der Waals surface area contributed by atoms with Crippen molar-refractivity contribution < 1.29 is 0 Å². The maximum absolute atomic E-state index is 5.71. The lowest BCUT2D eigenvalue weighted by atomic mass is 10.0. The Morgan fingerprint density at radius 1 is 0.348 bits per heavy atom. The van der Waals surface area contributed by atoms with E-state index in [1.54, 1.807) is 11.3 Å².